The van der Waals surface area contributed by atoms with Gasteiger partial charge in [0.15, 0.2) is 0 Å². The summed E-state index contributed by atoms with van der Waals surface area (Å²) in [5, 5.41) is 10.1. The molecule has 2 unspecified atom stereocenters. The molecule has 3 aliphatic rings. The molecular weight excluding hydrogens is 449 g/mol. The number of alkyl halides is 1. The number of amides is 1. The first-order valence-electron chi connectivity index (χ1n) is 11.4. The molecule has 6 nitrogen and oxygen atoms in total. The van der Waals surface area contributed by atoms with Gasteiger partial charge in [-0.05, 0) is 43.5 Å². The van der Waals surface area contributed by atoms with Crippen LogP contribution in [0.3, 0.4) is 0 Å². The third-order valence-corrected chi connectivity index (χ3v) is 7.46. The van der Waals surface area contributed by atoms with E-state index in [4.69, 9.17) is 27.9 Å². The third kappa shape index (κ3) is 5.49. The molecule has 32 heavy (non-hydrogen) atoms. The molecule has 0 saturated carbocycles. The number of carbonyl (C=O) groups is 1. The van der Waals surface area contributed by atoms with Crippen LogP contribution in [-0.4, -0.2) is 78.3 Å². The van der Waals surface area contributed by atoms with Crippen molar-refractivity contribution in [2.24, 2.45) is 0 Å². The topological polar surface area (TPSA) is 56.2 Å². The molecule has 174 valence electrons. The fourth-order valence-corrected chi connectivity index (χ4v) is 5.11. The molecule has 4 rings (SSSR count). The van der Waals surface area contributed by atoms with Gasteiger partial charge in [0.25, 0.3) is 0 Å². The van der Waals surface area contributed by atoms with Crippen molar-refractivity contribution in [3.63, 3.8) is 0 Å². The first-order valence-corrected chi connectivity index (χ1v) is 12.2. The number of aliphatic hydroxyl groups excluding tert-OH is 1. The number of anilines is 1. The number of allylic oxidation sites excluding steroid dienone is 2. The van der Waals surface area contributed by atoms with Crippen LogP contribution >= 0.6 is 23.2 Å². The van der Waals surface area contributed by atoms with Crippen LogP contribution in [0.5, 0.6) is 5.75 Å². The van der Waals surface area contributed by atoms with Crippen molar-refractivity contribution in [3.05, 3.63) is 47.0 Å². The highest BCUT2D eigenvalue weighted by Crippen LogP contribution is 2.31. The second-order valence-corrected chi connectivity index (χ2v) is 9.42. The predicted molar refractivity (Wildman–Crippen MR) is 129 cm³/mol. The van der Waals surface area contributed by atoms with Crippen LogP contribution in [0.25, 0.3) is 0 Å². The van der Waals surface area contributed by atoms with Gasteiger partial charge in [-0.3, -0.25) is 14.6 Å². The van der Waals surface area contributed by atoms with Crippen LogP contribution in [0.4, 0.5) is 5.69 Å². The molecule has 0 aromatic heterocycles. The van der Waals surface area contributed by atoms with Gasteiger partial charge < -0.3 is 14.7 Å². The number of nitrogens with zero attached hydrogens (tertiary/aromatic N) is 3. The summed E-state index contributed by atoms with van der Waals surface area (Å²) in [7, 11) is 0. The van der Waals surface area contributed by atoms with E-state index in [2.05, 4.69) is 15.9 Å². The molecule has 1 N–H and O–H groups in total. The van der Waals surface area contributed by atoms with Crippen molar-refractivity contribution in [3.8, 4) is 5.75 Å². The van der Waals surface area contributed by atoms with E-state index < -0.39 is 0 Å². The summed E-state index contributed by atoms with van der Waals surface area (Å²) in [6.45, 7) is 5.45. The van der Waals surface area contributed by atoms with E-state index in [9.17, 15) is 9.90 Å². The molecule has 1 saturated heterocycles. The number of fused-ring (bicyclic) bond motifs is 1. The zero-order valence-corrected chi connectivity index (χ0v) is 19.8. The number of carbonyl (C=O) groups excluding carboxylic acids is 1. The van der Waals surface area contributed by atoms with E-state index in [1.807, 2.05) is 30.4 Å². The minimum Gasteiger partial charge on any atom is -0.494 e. The number of rotatable bonds is 8. The SMILES string of the molecule is O=C1CCc2ccc(OCCCCN3CCN(C4C=CC=C(Cl)C4Cl)CC3)cc2N1CO. The molecule has 2 atom stereocenters. The fraction of sp³-hybridized carbons (Fsp3) is 0.542. The number of aliphatic hydroxyl groups is 1. The normalized spacial score (nSPS) is 24.4. The van der Waals surface area contributed by atoms with E-state index >= 15 is 0 Å². The van der Waals surface area contributed by atoms with Crippen molar-refractivity contribution in [2.45, 2.75) is 37.1 Å². The average Bonchev–Trinajstić information content (AvgIpc) is 2.81. The second-order valence-electron chi connectivity index (χ2n) is 8.52. The number of hydrogen-bond acceptors (Lipinski definition) is 5. The Balaban J connectivity index is 1.16. The Hall–Kier alpha value is -1.57. The number of piperazine rings is 1. The Morgan fingerprint density at radius 3 is 2.72 bits per heavy atom. The Kier molecular flexibility index (Phi) is 8.13. The lowest BCUT2D eigenvalue weighted by Crippen LogP contribution is -2.52. The Bertz CT molecular complexity index is 868. The zero-order valence-electron chi connectivity index (χ0n) is 18.3. The van der Waals surface area contributed by atoms with Gasteiger partial charge in [-0.25, -0.2) is 0 Å². The predicted octanol–water partition coefficient (Wildman–Crippen LogP) is 3.36. The molecule has 0 bridgehead atoms. The van der Waals surface area contributed by atoms with E-state index in [-0.39, 0.29) is 24.1 Å². The van der Waals surface area contributed by atoms with Crippen molar-refractivity contribution in [1.29, 1.82) is 0 Å². The first-order chi connectivity index (χ1) is 15.6. The molecule has 1 aromatic rings. The lowest BCUT2D eigenvalue weighted by molar-refractivity contribution is -0.119. The standard InChI is InChI=1S/C24H31Cl2N3O3/c25-20-4-3-5-21(24(20)26)28-13-11-27(12-14-28)10-1-2-15-32-19-8-6-18-7-9-23(31)29(17-30)22(18)16-19/h3-6,8,16,21,24,30H,1-2,7,9-15,17H2. The Morgan fingerprint density at radius 1 is 1.12 bits per heavy atom. The first kappa shape index (κ1) is 23.6. The highest BCUT2D eigenvalue weighted by atomic mass is 35.5. The van der Waals surface area contributed by atoms with Gasteiger partial charge in [0.05, 0.1) is 17.7 Å². The summed E-state index contributed by atoms with van der Waals surface area (Å²) in [4.78, 5) is 18.3. The second kappa shape index (κ2) is 11.0. The highest BCUT2D eigenvalue weighted by molar-refractivity contribution is 6.38. The molecule has 8 heteroatoms. The summed E-state index contributed by atoms with van der Waals surface area (Å²) in [6.07, 6.45) is 9.21. The van der Waals surface area contributed by atoms with Gasteiger partial charge in [-0.15, -0.1) is 11.6 Å². The summed E-state index contributed by atoms with van der Waals surface area (Å²) in [5.41, 5.74) is 1.84. The van der Waals surface area contributed by atoms with E-state index in [1.54, 1.807) is 0 Å². The maximum absolute atomic E-state index is 12.0. The number of aryl methyl sites for hydroxylation is 1. The fourth-order valence-electron chi connectivity index (χ4n) is 4.60. The van der Waals surface area contributed by atoms with Crippen molar-refractivity contribution in [2.75, 3.05) is 51.0 Å². The Labute approximate surface area is 200 Å². The highest BCUT2D eigenvalue weighted by Gasteiger charge is 2.30. The quantitative estimate of drug-likeness (QED) is 0.457. The summed E-state index contributed by atoms with van der Waals surface area (Å²) >= 11 is 12.7. The minimum absolute atomic E-state index is 0.0436. The maximum atomic E-state index is 12.0. The molecule has 1 aromatic carbocycles. The molecule has 1 amide bonds. The summed E-state index contributed by atoms with van der Waals surface area (Å²) < 4.78 is 5.92. The molecule has 2 heterocycles. The number of unbranched alkanes of at least 4 members (excludes halogenated alkanes) is 1. The van der Waals surface area contributed by atoms with Crippen LogP contribution in [-0.2, 0) is 11.2 Å². The Morgan fingerprint density at radius 2 is 1.94 bits per heavy atom. The summed E-state index contributed by atoms with van der Waals surface area (Å²) in [5.74, 6) is 0.701. The number of ether oxygens (including phenoxy) is 1. The third-order valence-electron chi connectivity index (χ3n) is 6.49. The molecule has 1 aliphatic carbocycles. The van der Waals surface area contributed by atoms with Crippen molar-refractivity contribution >= 4 is 34.8 Å². The largest absolute Gasteiger partial charge is 0.494 e. The lowest BCUT2D eigenvalue weighted by Gasteiger charge is -2.40. The zero-order chi connectivity index (χ0) is 22.5. The van der Waals surface area contributed by atoms with Crippen molar-refractivity contribution in [1.82, 2.24) is 9.80 Å². The van der Waals surface area contributed by atoms with Gasteiger partial charge in [0, 0.05) is 49.7 Å². The number of benzene rings is 1. The number of halogens is 2. The van der Waals surface area contributed by atoms with Gasteiger partial charge in [0.2, 0.25) is 5.91 Å². The minimum atomic E-state index is -0.297. The lowest BCUT2D eigenvalue weighted by atomic mass is 10.0. The smallest absolute Gasteiger partial charge is 0.229 e. The number of hydrogen-bond donors (Lipinski definition) is 1. The van der Waals surface area contributed by atoms with Crippen LogP contribution in [0.1, 0.15) is 24.8 Å². The van der Waals surface area contributed by atoms with Gasteiger partial charge in [-0.1, -0.05) is 29.8 Å². The van der Waals surface area contributed by atoms with Crippen LogP contribution in [0.2, 0.25) is 0 Å². The van der Waals surface area contributed by atoms with Crippen LogP contribution < -0.4 is 9.64 Å². The molecule has 0 spiro atoms. The molecule has 2 aliphatic heterocycles. The molecule has 1 fully saturated rings. The van der Waals surface area contributed by atoms with E-state index in [0.29, 0.717) is 19.4 Å². The summed E-state index contributed by atoms with van der Waals surface area (Å²) in [6, 6.07) is 6.00. The van der Waals surface area contributed by atoms with E-state index in [0.717, 1.165) is 67.6 Å². The van der Waals surface area contributed by atoms with Gasteiger partial charge in [-0.2, -0.15) is 0 Å². The monoisotopic (exact) mass is 479 g/mol. The molecular formula is C24H31Cl2N3O3. The van der Waals surface area contributed by atoms with Crippen molar-refractivity contribution < 1.29 is 14.6 Å². The van der Waals surface area contributed by atoms with E-state index in [1.165, 1.54) is 4.90 Å². The van der Waals surface area contributed by atoms with Gasteiger partial charge in [0.1, 0.15) is 12.5 Å². The van der Waals surface area contributed by atoms with Crippen LogP contribution in [0.15, 0.2) is 41.5 Å². The molecule has 0 radical (unpaired) electrons. The van der Waals surface area contributed by atoms with Crippen LogP contribution in [0, 0.1) is 0 Å². The maximum Gasteiger partial charge on any atom is 0.229 e. The van der Waals surface area contributed by atoms with Gasteiger partial charge >= 0.3 is 0 Å². The average molecular weight is 480 g/mol.